The highest BCUT2D eigenvalue weighted by Gasteiger charge is 2.19. The number of rotatable bonds is 8. The van der Waals surface area contributed by atoms with E-state index in [2.05, 4.69) is 10.6 Å². The van der Waals surface area contributed by atoms with Crippen molar-refractivity contribution >= 4 is 6.03 Å². The maximum absolute atomic E-state index is 11.9. The third kappa shape index (κ3) is 5.77. The molecule has 21 heavy (non-hydrogen) atoms. The van der Waals surface area contributed by atoms with Gasteiger partial charge in [0.2, 0.25) is 0 Å². The quantitative estimate of drug-likeness (QED) is 0.685. The predicted molar refractivity (Wildman–Crippen MR) is 80.1 cm³/mol. The number of amides is 2. The molecule has 1 rings (SSSR count). The molecule has 120 valence electrons. The van der Waals surface area contributed by atoms with Gasteiger partial charge in [0.25, 0.3) is 0 Å². The Morgan fingerprint density at radius 2 is 2.19 bits per heavy atom. The molecule has 0 aromatic carbocycles. The molecule has 6 nitrogen and oxygen atoms in total. The third-order valence-electron chi connectivity index (χ3n) is 3.52. The van der Waals surface area contributed by atoms with Gasteiger partial charge < -0.3 is 24.9 Å². The lowest BCUT2D eigenvalue weighted by Gasteiger charge is -2.20. The van der Waals surface area contributed by atoms with Crippen molar-refractivity contribution in [2.45, 2.75) is 39.3 Å². The molecule has 0 saturated carbocycles. The highest BCUT2D eigenvalue weighted by molar-refractivity contribution is 5.74. The number of aryl methyl sites for hydroxylation is 1. The third-order valence-corrected chi connectivity index (χ3v) is 3.52. The molecule has 0 aliphatic rings. The standard InChI is InChI=1S/C15H26N2O4/c1-5-10(2)13(18)8-16-15(19)17-12(9-20-4)14-7-6-11(3)21-14/h6-7,10,12-13,18H,5,8-9H2,1-4H3,(H2,16,17,19). The number of carbonyl (C=O) groups excluding carboxylic acids is 1. The maximum atomic E-state index is 11.9. The Balaban J connectivity index is 2.49. The molecule has 0 spiro atoms. The van der Waals surface area contributed by atoms with Crippen LogP contribution in [0.1, 0.15) is 37.8 Å². The molecular weight excluding hydrogens is 272 g/mol. The van der Waals surface area contributed by atoms with E-state index in [4.69, 9.17) is 9.15 Å². The fourth-order valence-corrected chi connectivity index (χ4v) is 1.88. The van der Waals surface area contributed by atoms with Gasteiger partial charge in [-0.15, -0.1) is 0 Å². The lowest BCUT2D eigenvalue weighted by atomic mass is 10.0. The highest BCUT2D eigenvalue weighted by atomic mass is 16.5. The molecule has 0 bridgehead atoms. The summed E-state index contributed by atoms with van der Waals surface area (Å²) in [5.41, 5.74) is 0. The van der Waals surface area contributed by atoms with Crippen molar-refractivity contribution < 1.29 is 19.1 Å². The molecule has 3 atom stereocenters. The number of urea groups is 1. The number of methoxy groups -OCH3 is 1. The summed E-state index contributed by atoms with van der Waals surface area (Å²) in [6, 6.07) is 2.94. The van der Waals surface area contributed by atoms with Gasteiger partial charge in [0, 0.05) is 13.7 Å². The molecule has 3 unspecified atom stereocenters. The summed E-state index contributed by atoms with van der Waals surface area (Å²) < 4.78 is 10.6. The Bertz CT molecular complexity index is 433. The zero-order chi connectivity index (χ0) is 15.8. The number of nitrogens with one attached hydrogen (secondary N) is 2. The number of hydrogen-bond donors (Lipinski definition) is 3. The molecule has 2 amide bonds. The van der Waals surface area contributed by atoms with Gasteiger partial charge in [-0.25, -0.2) is 4.79 Å². The second kappa shape index (κ2) is 8.69. The van der Waals surface area contributed by atoms with E-state index < -0.39 is 6.10 Å². The van der Waals surface area contributed by atoms with Gasteiger partial charge in [-0.1, -0.05) is 20.3 Å². The topological polar surface area (TPSA) is 83.7 Å². The monoisotopic (exact) mass is 298 g/mol. The predicted octanol–water partition coefficient (Wildman–Crippen LogP) is 1.98. The molecule has 1 heterocycles. The van der Waals surface area contributed by atoms with Gasteiger partial charge >= 0.3 is 6.03 Å². The first-order valence-corrected chi connectivity index (χ1v) is 7.25. The van der Waals surface area contributed by atoms with Crippen LogP contribution in [0.4, 0.5) is 4.79 Å². The highest BCUT2D eigenvalue weighted by Crippen LogP contribution is 2.16. The summed E-state index contributed by atoms with van der Waals surface area (Å²) in [5, 5.41) is 15.3. The summed E-state index contributed by atoms with van der Waals surface area (Å²) >= 11 is 0. The SMILES string of the molecule is CCC(C)C(O)CNC(=O)NC(COC)c1ccc(C)o1. The van der Waals surface area contributed by atoms with Crippen molar-refractivity contribution in [3.05, 3.63) is 23.7 Å². The smallest absolute Gasteiger partial charge is 0.315 e. The number of aliphatic hydroxyl groups excluding tert-OH is 1. The molecule has 0 radical (unpaired) electrons. The second-order valence-corrected chi connectivity index (χ2v) is 5.26. The fraction of sp³-hybridized carbons (Fsp3) is 0.667. The number of aliphatic hydroxyl groups is 1. The molecule has 1 aromatic rings. The van der Waals surface area contributed by atoms with Crippen LogP contribution in [-0.4, -0.2) is 37.5 Å². The van der Waals surface area contributed by atoms with E-state index in [1.165, 1.54) is 0 Å². The van der Waals surface area contributed by atoms with Gasteiger partial charge in [0.1, 0.15) is 17.6 Å². The number of ether oxygens (including phenoxy) is 1. The van der Waals surface area contributed by atoms with E-state index in [1.54, 1.807) is 7.11 Å². The van der Waals surface area contributed by atoms with Gasteiger partial charge in [0.15, 0.2) is 0 Å². The van der Waals surface area contributed by atoms with E-state index in [9.17, 15) is 9.90 Å². The van der Waals surface area contributed by atoms with Crippen LogP contribution in [0.15, 0.2) is 16.5 Å². The Hall–Kier alpha value is -1.53. The van der Waals surface area contributed by atoms with Crippen molar-refractivity contribution in [1.29, 1.82) is 0 Å². The Labute approximate surface area is 125 Å². The van der Waals surface area contributed by atoms with Crippen molar-refractivity contribution in [2.75, 3.05) is 20.3 Å². The molecule has 3 N–H and O–H groups in total. The van der Waals surface area contributed by atoms with Crippen molar-refractivity contribution in [2.24, 2.45) is 5.92 Å². The first-order chi connectivity index (χ1) is 9.97. The van der Waals surface area contributed by atoms with Crippen molar-refractivity contribution in [3.8, 4) is 0 Å². The molecule has 0 aliphatic heterocycles. The molecular formula is C15H26N2O4. The summed E-state index contributed by atoms with van der Waals surface area (Å²) in [4.78, 5) is 11.9. The van der Waals surface area contributed by atoms with Crippen molar-refractivity contribution in [1.82, 2.24) is 10.6 Å². The number of hydrogen-bond acceptors (Lipinski definition) is 4. The second-order valence-electron chi connectivity index (χ2n) is 5.26. The number of carbonyl (C=O) groups is 1. The Kier molecular flexibility index (Phi) is 7.25. The number of furan rings is 1. The summed E-state index contributed by atoms with van der Waals surface area (Å²) in [6.07, 6.45) is 0.315. The van der Waals surface area contributed by atoms with Crippen LogP contribution < -0.4 is 10.6 Å². The van der Waals surface area contributed by atoms with Gasteiger partial charge in [-0.2, -0.15) is 0 Å². The normalized spacial score (nSPS) is 15.3. The summed E-state index contributed by atoms with van der Waals surface area (Å²) in [6.45, 7) is 6.33. The molecule has 0 aliphatic carbocycles. The van der Waals surface area contributed by atoms with Crippen LogP contribution >= 0.6 is 0 Å². The van der Waals surface area contributed by atoms with Crippen LogP contribution in [0, 0.1) is 12.8 Å². The van der Waals surface area contributed by atoms with Crippen LogP contribution in [0.3, 0.4) is 0 Å². The van der Waals surface area contributed by atoms with Gasteiger partial charge in [-0.05, 0) is 25.0 Å². The van der Waals surface area contributed by atoms with Crippen molar-refractivity contribution in [3.63, 3.8) is 0 Å². The van der Waals surface area contributed by atoms with E-state index in [0.29, 0.717) is 12.4 Å². The minimum Gasteiger partial charge on any atom is -0.464 e. The molecule has 0 fully saturated rings. The van der Waals surface area contributed by atoms with E-state index in [-0.39, 0.29) is 24.5 Å². The Morgan fingerprint density at radius 1 is 1.48 bits per heavy atom. The van der Waals surface area contributed by atoms with E-state index >= 15 is 0 Å². The zero-order valence-corrected chi connectivity index (χ0v) is 13.2. The summed E-state index contributed by atoms with van der Waals surface area (Å²) in [5.74, 6) is 1.57. The van der Waals surface area contributed by atoms with Gasteiger partial charge in [-0.3, -0.25) is 0 Å². The lowest BCUT2D eigenvalue weighted by molar-refractivity contribution is 0.113. The first kappa shape index (κ1) is 17.5. The minimum absolute atomic E-state index is 0.146. The minimum atomic E-state index is -0.549. The van der Waals surface area contributed by atoms with E-state index in [0.717, 1.165) is 12.2 Å². The van der Waals surface area contributed by atoms with Crippen LogP contribution in [0.2, 0.25) is 0 Å². The van der Waals surface area contributed by atoms with Crippen LogP contribution in [0.5, 0.6) is 0 Å². The van der Waals surface area contributed by atoms with Crippen LogP contribution in [0.25, 0.3) is 0 Å². The van der Waals surface area contributed by atoms with E-state index in [1.807, 2.05) is 32.9 Å². The maximum Gasteiger partial charge on any atom is 0.315 e. The zero-order valence-electron chi connectivity index (χ0n) is 13.2. The lowest BCUT2D eigenvalue weighted by Crippen LogP contribution is -2.43. The average Bonchev–Trinajstić information content (AvgIpc) is 2.89. The molecule has 0 saturated heterocycles. The first-order valence-electron chi connectivity index (χ1n) is 7.25. The molecule has 1 aromatic heterocycles. The molecule has 6 heteroatoms. The Morgan fingerprint density at radius 3 is 2.71 bits per heavy atom. The van der Waals surface area contributed by atoms with Gasteiger partial charge in [0.05, 0.1) is 12.7 Å². The average molecular weight is 298 g/mol. The summed E-state index contributed by atoms with van der Waals surface area (Å²) in [7, 11) is 1.56. The largest absolute Gasteiger partial charge is 0.464 e. The fourth-order valence-electron chi connectivity index (χ4n) is 1.88. The van der Waals surface area contributed by atoms with Crippen LogP contribution in [-0.2, 0) is 4.74 Å².